The first-order valence-corrected chi connectivity index (χ1v) is 6.47. The molecule has 1 rings (SSSR count). The Bertz CT molecular complexity index is 364. The van der Waals surface area contributed by atoms with Gasteiger partial charge in [0.1, 0.15) is 5.38 Å². The van der Waals surface area contributed by atoms with Crippen LogP contribution in [0.2, 0.25) is 0 Å². The number of halogens is 1. The molecule has 0 aliphatic heterocycles. The van der Waals surface area contributed by atoms with Gasteiger partial charge in [0.15, 0.2) is 5.78 Å². The molecule has 0 heterocycles. The highest BCUT2D eigenvalue weighted by Crippen LogP contribution is 2.31. The van der Waals surface area contributed by atoms with E-state index in [0.29, 0.717) is 12.3 Å². The van der Waals surface area contributed by atoms with E-state index in [0.717, 1.165) is 5.56 Å². The SMILES string of the molecule is CC(CC(=O)C(Cl)c1ccccc1)C(C)(C)C. The molecule has 0 spiro atoms. The van der Waals surface area contributed by atoms with E-state index >= 15 is 0 Å². The van der Waals surface area contributed by atoms with E-state index in [1.165, 1.54) is 0 Å². The third-order valence-electron chi connectivity index (χ3n) is 3.36. The number of rotatable bonds is 4. The number of benzene rings is 1. The maximum atomic E-state index is 12.1. The van der Waals surface area contributed by atoms with Crippen LogP contribution < -0.4 is 0 Å². The quantitative estimate of drug-likeness (QED) is 0.716. The molecule has 0 aliphatic carbocycles. The van der Waals surface area contributed by atoms with Crippen LogP contribution in [0.4, 0.5) is 0 Å². The third-order valence-corrected chi connectivity index (χ3v) is 3.86. The summed E-state index contributed by atoms with van der Waals surface area (Å²) in [5.41, 5.74) is 1.03. The van der Waals surface area contributed by atoms with Crippen LogP contribution in [0, 0.1) is 11.3 Å². The van der Waals surface area contributed by atoms with Gasteiger partial charge in [0, 0.05) is 6.42 Å². The maximum Gasteiger partial charge on any atom is 0.155 e. The van der Waals surface area contributed by atoms with Gasteiger partial charge in [0.05, 0.1) is 0 Å². The molecule has 0 aromatic heterocycles. The van der Waals surface area contributed by atoms with E-state index < -0.39 is 5.38 Å². The molecule has 94 valence electrons. The Morgan fingerprint density at radius 3 is 2.24 bits per heavy atom. The minimum atomic E-state index is -0.513. The van der Waals surface area contributed by atoms with Gasteiger partial charge in [-0.25, -0.2) is 0 Å². The molecule has 2 atom stereocenters. The first-order valence-electron chi connectivity index (χ1n) is 6.04. The molecule has 1 nitrogen and oxygen atoms in total. The highest BCUT2D eigenvalue weighted by molar-refractivity contribution is 6.31. The van der Waals surface area contributed by atoms with Crippen LogP contribution in [0.5, 0.6) is 0 Å². The molecule has 1 aromatic rings. The maximum absolute atomic E-state index is 12.1. The van der Waals surface area contributed by atoms with E-state index in [1.807, 2.05) is 30.3 Å². The molecule has 0 saturated heterocycles. The lowest BCUT2D eigenvalue weighted by atomic mass is 9.78. The zero-order valence-electron chi connectivity index (χ0n) is 11.0. The minimum absolute atomic E-state index is 0.111. The molecule has 0 saturated carbocycles. The summed E-state index contributed by atoms with van der Waals surface area (Å²) in [4.78, 5) is 12.1. The van der Waals surface area contributed by atoms with Crippen molar-refractivity contribution in [2.24, 2.45) is 11.3 Å². The number of alkyl halides is 1. The average molecular weight is 253 g/mol. The van der Waals surface area contributed by atoms with Gasteiger partial charge in [-0.3, -0.25) is 4.79 Å². The first kappa shape index (κ1) is 14.2. The second-order valence-corrected chi connectivity index (χ2v) is 6.15. The van der Waals surface area contributed by atoms with Gasteiger partial charge in [-0.05, 0) is 16.9 Å². The van der Waals surface area contributed by atoms with E-state index in [9.17, 15) is 4.79 Å². The lowest BCUT2D eigenvalue weighted by Gasteiger charge is -2.27. The Morgan fingerprint density at radius 2 is 1.76 bits per heavy atom. The van der Waals surface area contributed by atoms with Crippen molar-refractivity contribution < 1.29 is 4.79 Å². The first-order chi connectivity index (χ1) is 7.82. The van der Waals surface area contributed by atoms with E-state index in [1.54, 1.807) is 0 Å². The van der Waals surface area contributed by atoms with Gasteiger partial charge < -0.3 is 0 Å². The molecule has 1 aromatic carbocycles. The Hall–Kier alpha value is -0.820. The van der Waals surface area contributed by atoms with Crippen molar-refractivity contribution in [2.75, 3.05) is 0 Å². The molecule has 2 unspecified atom stereocenters. The summed E-state index contributed by atoms with van der Waals surface area (Å²) in [6.45, 7) is 8.55. The molecular weight excluding hydrogens is 232 g/mol. The van der Waals surface area contributed by atoms with Gasteiger partial charge >= 0.3 is 0 Å². The lowest BCUT2D eigenvalue weighted by molar-refractivity contribution is -0.120. The summed E-state index contributed by atoms with van der Waals surface area (Å²) in [5, 5.41) is -0.513. The Labute approximate surface area is 109 Å². The van der Waals surface area contributed by atoms with Crippen LogP contribution in [0.15, 0.2) is 30.3 Å². The Morgan fingerprint density at radius 1 is 1.24 bits per heavy atom. The van der Waals surface area contributed by atoms with Crippen LogP contribution >= 0.6 is 11.6 Å². The second kappa shape index (κ2) is 5.68. The number of carbonyl (C=O) groups excluding carboxylic acids is 1. The van der Waals surface area contributed by atoms with Gasteiger partial charge in [-0.1, -0.05) is 58.0 Å². The van der Waals surface area contributed by atoms with Gasteiger partial charge in [-0.2, -0.15) is 0 Å². The van der Waals surface area contributed by atoms with E-state index in [2.05, 4.69) is 27.7 Å². The fraction of sp³-hybridized carbons (Fsp3) is 0.533. The molecular formula is C15H21ClO. The fourth-order valence-electron chi connectivity index (χ4n) is 1.52. The fourth-order valence-corrected chi connectivity index (χ4v) is 1.75. The zero-order valence-corrected chi connectivity index (χ0v) is 11.8. The van der Waals surface area contributed by atoms with Crippen molar-refractivity contribution >= 4 is 17.4 Å². The van der Waals surface area contributed by atoms with Crippen molar-refractivity contribution in [3.05, 3.63) is 35.9 Å². The highest BCUT2D eigenvalue weighted by atomic mass is 35.5. The van der Waals surface area contributed by atoms with Crippen molar-refractivity contribution in [3.8, 4) is 0 Å². The van der Waals surface area contributed by atoms with Crippen LogP contribution in [0.25, 0.3) is 0 Å². The molecule has 17 heavy (non-hydrogen) atoms. The molecule has 0 fully saturated rings. The van der Waals surface area contributed by atoms with Crippen LogP contribution in [0.1, 0.15) is 45.1 Å². The topological polar surface area (TPSA) is 17.1 Å². The van der Waals surface area contributed by atoms with E-state index in [-0.39, 0.29) is 11.2 Å². The summed E-state index contributed by atoms with van der Waals surface area (Å²) >= 11 is 6.20. The highest BCUT2D eigenvalue weighted by Gasteiger charge is 2.26. The number of hydrogen-bond acceptors (Lipinski definition) is 1. The molecule has 0 aliphatic rings. The monoisotopic (exact) mass is 252 g/mol. The second-order valence-electron chi connectivity index (χ2n) is 5.71. The average Bonchev–Trinajstić information content (AvgIpc) is 2.27. The van der Waals surface area contributed by atoms with Gasteiger partial charge in [-0.15, -0.1) is 11.6 Å². The van der Waals surface area contributed by atoms with Crippen molar-refractivity contribution in [3.63, 3.8) is 0 Å². The van der Waals surface area contributed by atoms with Crippen molar-refractivity contribution in [1.29, 1.82) is 0 Å². The lowest BCUT2D eigenvalue weighted by Crippen LogP contribution is -2.22. The molecule has 0 amide bonds. The molecule has 0 bridgehead atoms. The number of hydrogen-bond donors (Lipinski definition) is 0. The largest absolute Gasteiger partial charge is 0.298 e. The summed E-state index contributed by atoms with van der Waals surface area (Å²) < 4.78 is 0. The predicted molar refractivity (Wildman–Crippen MR) is 73.3 cm³/mol. The van der Waals surface area contributed by atoms with E-state index in [4.69, 9.17) is 11.6 Å². The Balaban J connectivity index is 2.66. The van der Waals surface area contributed by atoms with Crippen molar-refractivity contribution in [1.82, 2.24) is 0 Å². The Kier molecular flexibility index (Phi) is 4.76. The predicted octanol–water partition coefficient (Wildman–Crippen LogP) is 4.61. The molecule has 0 N–H and O–H groups in total. The summed E-state index contributed by atoms with van der Waals surface area (Å²) in [5.74, 6) is 0.445. The smallest absolute Gasteiger partial charge is 0.155 e. The van der Waals surface area contributed by atoms with Crippen LogP contribution in [-0.2, 0) is 4.79 Å². The minimum Gasteiger partial charge on any atom is -0.298 e. The summed E-state index contributed by atoms with van der Waals surface area (Å²) in [6.07, 6.45) is 0.534. The summed E-state index contributed by atoms with van der Waals surface area (Å²) in [7, 11) is 0. The normalized spacial score (nSPS) is 15.4. The van der Waals surface area contributed by atoms with Gasteiger partial charge in [0.25, 0.3) is 0 Å². The standard InChI is InChI=1S/C15H21ClO/c1-11(15(2,3)4)10-13(17)14(16)12-8-6-5-7-9-12/h5-9,11,14H,10H2,1-4H3. The number of carbonyl (C=O) groups is 1. The third kappa shape index (κ3) is 4.16. The summed E-state index contributed by atoms with van der Waals surface area (Å²) in [6, 6.07) is 9.54. The van der Waals surface area contributed by atoms with Crippen molar-refractivity contribution in [2.45, 2.75) is 39.5 Å². The zero-order chi connectivity index (χ0) is 13.1. The molecule has 0 radical (unpaired) electrons. The van der Waals surface area contributed by atoms with Crippen LogP contribution in [-0.4, -0.2) is 5.78 Å². The number of Topliss-reactive ketones (excluding diaryl/α,β-unsaturated/α-hetero) is 1. The van der Waals surface area contributed by atoms with Gasteiger partial charge in [0.2, 0.25) is 0 Å². The number of ketones is 1. The van der Waals surface area contributed by atoms with Crippen LogP contribution in [0.3, 0.4) is 0 Å². The molecule has 2 heteroatoms.